The van der Waals surface area contributed by atoms with Crippen LogP contribution in [0.2, 0.25) is 0 Å². The summed E-state index contributed by atoms with van der Waals surface area (Å²) in [6.45, 7) is 4.68. The second kappa shape index (κ2) is 6.95. The molecule has 132 valence electrons. The van der Waals surface area contributed by atoms with Crippen molar-refractivity contribution >= 4 is 11.7 Å². The smallest absolute Gasteiger partial charge is 0.272 e. The van der Waals surface area contributed by atoms with Gasteiger partial charge in [-0.2, -0.15) is 5.10 Å². The highest BCUT2D eigenvalue weighted by atomic mass is 16.2. The van der Waals surface area contributed by atoms with Gasteiger partial charge in [0.2, 0.25) is 0 Å². The molecule has 0 atom stereocenters. The van der Waals surface area contributed by atoms with Crippen LogP contribution >= 0.6 is 0 Å². The minimum Gasteiger partial charge on any atom is -0.352 e. The van der Waals surface area contributed by atoms with Crippen molar-refractivity contribution in [2.75, 3.05) is 31.1 Å². The number of nitrogens with zero attached hydrogens (tertiary/aromatic N) is 6. The molecule has 4 rings (SSSR count). The van der Waals surface area contributed by atoms with Crippen LogP contribution in [0.3, 0.4) is 0 Å². The van der Waals surface area contributed by atoms with E-state index in [9.17, 15) is 4.79 Å². The van der Waals surface area contributed by atoms with Crippen LogP contribution in [0.15, 0.2) is 55.0 Å². The van der Waals surface area contributed by atoms with Crippen LogP contribution in [-0.2, 0) is 0 Å². The van der Waals surface area contributed by atoms with Crippen molar-refractivity contribution < 1.29 is 4.79 Å². The van der Waals surface area contributed by atoms with E-state index in [1.807, 2.05) is 48.2 Å². The summed E-state index contributed by atoms with van der Waals surface area (Å²) in [7, 11) is 0. The van der Waals surface area contributed by atoms with Crippen molar-refractivity contribution in [3.05, 3.63) is 66.4 Å². The highest BCUT2D eigenvalue weighted by Crippen LogP contribution is 2.17. The Morgan fingerprint density at radius 2 is 1.81 bits per heavy atom. The van der Waals surface area contributed by atoms with Crippen LogP contribution in [0.25, 0.3) is 5.69 Å². The molecule has 0 N–H and O–H groups in total. The Balaban J connectivity index is 1.51. The topological polar surface area (TPSA) is 67.2 Å². The van der Waals surface area contributed by atoms with Crippen molar-refractivity contribution in [3.63, 3.8) is 0 Å². The number of aromatic nitrogens is 4. The highest BCUT2D eigenvalue weighted by molar-refractivity contribution is 5.93. The van der Waals surface area contributed by atoms with Gasteiger partial charge in [-0.05, 0) is 25.1 Å². The minimum atomic E-state index is 0.00764. The number of piperazine rings is 1. The maximum atomic E-state index is 13.1. The fraction of sp³-hybridized carbons (Fsp3) is 0.263. The molecule has 0 saturated carbocycles. The summed E-state index contributed by atoms with van der Waals surface area (Å²) < 4.78 is 1.73. The van der Waals surface area contributed by atoms with E-state index < -0.39 is 0 Å². The van der Waals surface area contributed by atoms with Gasteiger partial charge in [-0.1, -0.05) is 18.2 Å². The number of hydrogen-bond acceptors (Lipinski definition) is 5. The van der Waals surface area contributed by atoms with E-state index in [-0.39, 0.29) is 5.91 Å². The predicted octanol–water partition coefficient (Wildman–Crippen LogP) is 1.93. The fourth-order valence-corrected chi connectivity index (χ4v) is 3.17. The Morgan fingerprint density at radius 3 is 2.50 bits per heavy atom. The number of amides is 1. The predicted molar refractivity (Wildman–Crippen MR) is 98.4 cm³/mol. The van der Waals surface area contributed by atoms with Gasteiger partial charge in [0.1, 0.15) is 11.5 Å². The molecule has 0 unspecified atom stereocenters. The molecule has 2 aromatic heterocycles. The van der Waals surface area contributed by atoms with Gasteiger partial charge in [-0.3, -0.25) is 9.78 Å². The first-order valence-electron chi connectivity index (χ1n) is 8.65. The zero-order valence-electron chi connectivity index (χ0n) is 14.6. The summed E-state index contributed by atoms with van der Waals surface area (Å²) in [6, 6.07) is 11.6. The van der Waals surface area contributed by atoms with Gasteiger partial charge in [0, 0.05) is 38.6 Å². The van der Waals surface area contributed by atoms with Gasteiger partial charge in [0.05, 0.1) is 17.6 Å². The summed E-state index contributed by atoms with van der Waals surface area (Å²) in [5.74, 6) is 0.859. The Hall–Kier alpha value is -3.22. The average molecular weight is 348 g/mol. The SMILES string of the molecule is Cc1cc(C(=O)N2CCN(c3cnccn3)CC2)n(-c2ccccc2)n1. The van der Waals surface area contributed by atoms with E-state index in [2.05, 4.69) is 20.0 Å². The number of carbonyl (C=O) groups is 1. The quantitative estimate of drug-likeness (QED) is 0.724. The van der Waals surface area contributed by atoms with E-state index in [0.29, 0.717) is 18.8 Å². The van der Waals surface area contributed by atoms with Crippen molar-refractivity contribution in [1.82, 2.24) is 24.6 Å². The number of benzene rings is 1. The molecular weight excluding hydrogens is 328 g/mol. The maximum Gasteiger partial charge on any atom is 0.272 e. The second-order valence-corrected chi connectivity index (χ2v) is 6.26. The molecular formula is C19H20N6O. The number of rotatable bonds is 3. The van der Waals surface area contributed by atoms with E-state index in [1.54, 1.807) is 23.3 Å². The van der Waals surface area contributed by atoms with Crippen LogP contribution in [0.5, 0.6) is 0 Å². The Labute approximate surface area is 151 Å². The van der Waals surface area contributed by atoms with E-state index in [1.165, 1.54) is 0 Å². The van der Waals surface area contributed by atoms with Gasteiger partial charge in [-0.25, -0.2) is 9.67 Å². The van der Waals surface area contributed by atoms with Crippen LogP contribution in [0, 0.1) is 6.92 Å². The summed E-state index contributed by atoms with van der Waals surface area (Å²) >= 11 is 0. The fourth-order valence-electron chi connectivity index (χ4n) is 3.17. The van der Waals surface area contributed by atoms with E-state index >= 15 is 0 Å². The molecule has 1 aromatic carbocycles. The van der Waals surface area contributed by atoms with Crippen molar-refractivity contribution in [2.45, 2.75) is 6.92 Å². The molecule has 26 heavy (non-hydrogen) atoms. The van der Waals surface area contributed by atoms with E-state index in [0.717, 1.165) is 30.3 Å². The molecule has 0 spiro atoms. The Bertz CT molecular complexity index is 885. The molecule has 0 bridgehead atoms. The molecule has 3 heterocycles. The third kappa shape index (κ3) is 3.15. The van der Waals surface area contributed by atoms with Gasteiger partial charge >= 0.3 is 0 Å². The first kappa shape index (κ1) is 16.3. The third-order valence-corrected chi connectivity index (χ3v) is 4.49. The van der Waals surface area contributed by atoms with Gasteiger partial charge in [0.25, 0.3) is 5.91 Å². The zero-order chi connectivity index (χ0) is 17.9. The van der Waals surface area contributed by atoms with Crippen LogP contribution in [0.4, 0.5) is 5.82 Å². The van der Waals surface area contributed by atoms with Crippen molar-refractivity contribution in [3.8, 4) is 5.69 Å². The highest BCUT2D eigenvalue weighted by Gasteiger charge is 2.26. The molecule has 1 aliphatic heterocycles. The summed E-state index contributed by atoms with van der Waals surface area (Å²) in [6.07, 6.45) is 5.11. The number of aryl methyl sites for hydroxylation is 1. The summed E-state index contributed by atoms with van der Waals surface area (Å²) in [4.78, 5) is 25.5. The standard InChI is InChI=1S/C19H20N6O/c1-15-13-17(25(22-15)16-5-3-2-4-6-16)19(26)24-11-9-23(10-12-24)18-14-20-7-8-21-18/h2-8,13-14H,9-12H2,1H3. The van der Waals surface area contributed by atoms with Crippen LogP contribution < -0.4 is 4.90 Å². The van der Waals surface area contributed by atoms with Crippen LogP contribution in [0.1, 0.15) is 16.2 Å². The zero-order valence-corrected chi connectivity index (χ0v) is 14.6. The Morgan fingerprint density at radius 1 is 1.04 bits per heavy atom. The summed E-state index contributed by atoms with van der Waals surface area (Å²) in [5, 5.41) is 4.50. The lowest BCUT2D eigenvalue weighted by molar-refractivity contribution is 0.0737. The maximum absolute atomic E-state index is 13.1. The first-order valence-corrected chi connectivity index (χ1v) is 8.65. The van der Waals surface area contributed by atoms with Gasteiger partial charge < -0.3 is 9.80 Å². The average Bonchev–Trinajstić information content (AvgIpc) is 3.11. The lowest BCUT2D eigenvalue weighted by atomic mass is 10.2. The lowest BCUT2D eigenvalue weighted by Gasteiger charge is -2.35. The van der Waals surface area contributed by atoms with Crippen LogP contribution in [-0.4, -0.2) is 56.7 Å². The second-order valence-electron chi connectivity index (χ2n) is 6.26. The molecule has 0 radical (unpaired) electrons. The molecule has 0 aliphatic carbocycles. The Kier molecular flexibility index (Phi) is 4.35. The lowest BCUT2D eigenvalue weighted by Crippen LogP contribution is -2.49. The number of anilines is 1. The monoisotopic (exact) mass is 348 g/mol. The molecule has 7 nitrogen and oxygen atoms in total. The molecule has 1 saturated heterocycles. The number of para-hydroxylation sites is 1. The normalized spacial score (nSPS) is 14.5. The molecule has 1 fully saturated rings. The number of hydrogen-bond donors (Lipinski definition) is 0. The van der Waals surface area contributed by atoms with Crippen molar-refractivity contribution in [2.24, 2.45) is 0 Å². The minimum absolute atomic E-state index is 0.00764. The molecule has 3 aromatic rings. The molecule has 1 aliphatic rings. The largest absolute Gasteiger partial charge is 0.352 e. The van der Waals surface area contributed by atoms with Gasteiger partial charge in [-0.15, -0.1) is 0 Å². The van der Waals surface area contributed by atoms with E-state index in [4.69, 9.17) is 0 Å². The summed E-state index contributed by atoms with van der Waals surface area (Å²) in [5.41, 5.74) is 2.32. The van der Waals surface area contributed by atoms with Crippen molar-refractivity contribution in [1.29, 1.82) is 0 Å². The molecule has 7 heteroatoms. The third-order valence-electron chi connectivity index (χ3n) is 4.49. The first-order chi connectivity index (χ1) is 12.7. The number of carbonyl (C=O) groups excluding carboxylic acids is 1. The molecule has 1 amide bonds. The van der Waals surface area contributed by atoms with Gasteiger partial charge in [0.15, 0.2) is 0 Å².